The van der Waals surface area contributed by atoms with Crippen molar-refractivity contribution < 1.29 is 9.53 Å². The number of piperidine rings is 1. The van der Waals surface area contributed by atoms with Crippen LogP contribution in [0.1, 0.15) is 58.9 Å². The molecule has 1 saturated heterocycles. The fourth-order valence-corrected chi connectivity index (χ4v) is 3.59. The highest BCUT2D eigenvalue weighted by molar-refractivity contribution is 5.69. The van der Waals surface area contributed by atoms with E-state index >= 15 is 0 Å². The lowest BCUT2D eigenvalue weighted by atomic mass is 9.89. The lowest BCUT2D eigenvalue weighted by Gasteiger charge is -2.44. The molecule has 1 aromatic rings. The number of carbonyl (C=O) groups excluding carboxylic acids is 1. The van der Waals surface area contributed by atoms with Gasteiger partial charge in [0.15, 0.2) is 0 Å². The number of rotatable bonds is 6. The zero-order valence-corrected chi connectivity index (χ0v) is 15.5. The third-order valence-electron chi connectivity index (χ3n) is 4.83. The Hall–Kier alpha value is -1.55. The molecule has 24 heavy (non-hydrogen) atoms. The molecular formula is C20H32N2O2. The van der Waals surface area contributed by atoms with Crippen LogP contribution in [0.3, 0.4) is 0 Å². The highest BCUT2D eigenvalue weighted by Crippen LogP contribution is 2.28. The Balaban J connectivity index is 2.00. The van der Waals surface area contributed by atoms with Crippen molar-refractivity contribution >= 4 is 6.09 Å². The Bertz CT molecular complexity index is 490. The molecule has 4 heteroatoms. The molecule has 134 valence electrons. The summed E-state index contributed by atoms with van der Waals surface area (Å²) in [5, 5.41) is 3.69. The average molecular weight is 332 g/mol. The lowest BCUT2D eigenvalue weighted by Crippen LogP contribution is -2.56. The van der Waals surface area contributed by atoms with Crippen LogP contribution < -0.4 is 5.32 Å². The summed E-state index contributed by atoms with van der Waals surface area (Å²) < 4.78 is 5.48. The van der Waals surface area contributed by atoms with Crippen LogP contribution in [0.4, 0.5) is 4.79 Å². The van der Waals surface area contributed by atoms with E-state index < -0.39 is 0 Å². The third-order valence-corrected chi connectivity index (χ3v) is 4.83. The van der Waals surface area contributed by atoms with Crippen LogP contribution in [0.2, 0.25) is 0 Å². The van der Waals surface area contributed by atoms with Crippen LogP contribution in [-0.2, 0) is 11.3 Å². The summed E-state index contributed by atoms with van der Waals surface area (Å²) in [6.07, 6.45) is 3.70. The minimum atomic E-state index is -0.148. The first-order valence-corrected chi connectivity index (χ1v) is 9.31. The molecule has 0 radical (unpaired) electrons. The van der Waals surface area contributed by atoms with Crippen LogP contribution in [0.25, 0.3) is 0 Å². The molecule has 1 N–H and O–H groups in total. The molecule has 0 aromatic heterocycles. The fraction of sp³-hybridized carbons (Fsp3) is 0.650. The first-order chi connectivity index (χ1) is 11.5. The van der Waals surface area contributed by atoms with Crippen molar-refractivity contribution in [2.75, 3.05) is 0 Å². The van der Waals surface area contributed by atoms with Gasteiger partial charge in [0.25, 0.3) is 0 Å². The van der Waals surface area contributed by atoms with Gasteiger partial charge in [-0.05, 0) is 45.1 Å². The minimum absolute atomic E-state index is 0.0681. The summed E-state index contributed by atoms with van der Waals surface area (Å²) in [5.41, 5.74) is 1.31. The number of hydrogen-bond donors (Lipinski definition) is 1. The SMILES string of the molecule is CC[C@@H]1C[C@H](NCc2ccccc2)C[C@H](CC)N1C(=O)OC(C)C. The second-order valence-corrected chi connectivity index (χ2v) is 7.00. The molecule has 4 nitrogen and oxygen atoms in total. The predicted octanol–water partition coefficient (Wildman–Crippen LogP) is 4.34. The summed E-state index contributed by atoms with van der Waals surface area (Å²) in [5.74, 6) is 0. The van der Waals surface area contributed by atoms with E-state index in [-0.39, 0.29) is 24.3 Å². The second-order valence-electron chi connectivity index (χ2n) is 7.00. The van der Waals surface area contributed by atoms with Gasteiger partial charge in [-0.2, -0.15) is 0 Å². The van der Waals surface area contributed by atoms with Crippen LogP contribution in [0.15, 0.2) is 30.3 Å². The molecule has 0 aliphatic carbocycles. The highest BCUT2D eigenvalue weighted by atomic mass is 16.6. The van der Waals surface area contributed by atoms with Gasteiger partial charge in [0.2, 0.25) is 0 Å². The predicted molar refractivity (Wildman–Crippen MR) is 97.9 cm³/mol. The Morgan fingerprint density at radius 1 is 1.17 bits per heavy atom. The smallest absolute Gasteiger partial charge is 0.410 e. The van der Waals surface area contributed by atoms with Crippen LogP contribution >= 0.6 is 0 Å². The first-order valence-electron chi connectivity index (χ1n) is 9.31. The topological polar surface area (TPSA) is 41.6 Å². The summed E-state index contributed by atoms with van der Waals surface area (Å²) in [7, 11) is 0. The van der Waals surface area contributed by atoms with Gasteiger partial charge >= 0.3 is 6.09 Å². The van der Waals surface area contributed by atoms with E-state index in [1.165, 1.54) is 5.56 Å². The number of ether oxygens (including phenoxy) is 1. The maximum atomic E-state index is 12.5. The van der Waals surface area contributed by atoms with Crippen molar-refractivity contribution in [2.24, 2.45) is 0 Å². The Labute approximate surface area is 146 Å². The van der Waals surface area contributed by atoms with Crippen molar-refractivity contribution in [3.63, 3.8) is 0 Å². The zero-order valence-electron chi connectivity index (χ0n) is 15.5. The Kier molecular flexibility index (Phi) is 7.10. The molecule has 1 aliphatic rings. The Morgan fingerprint density at radius 3 is 2.25 bits per heavy atom. The first kappa shape index (κ1) is 18.8. The highest BCUT2D eigenvalue weighted by Gasteiger charge is 2.37. The number of nitrogens with zero attached hydrogens (tertiary/aromatic N) is 1. The van der Waals surface area contributed by atoms with E-state index in [0.29, 0.717) is 6.04 Å². The summed E-state index contributed by atoms with van der Waals surface area (Å²) in [4.78, 5) is 14.5. The number of benzene rings is 1. The minimum Gasteiger partial charge on any atom is -0.447 e. The van der Waals surface area contributed by atoms with Gasteiger partial charge in [-0.15, -0.1) is 0 Å². The molecule has 0 saturated carbocycles. The molecule has 0 unspecified atom stereocenters. The largest absolute Gasteiger partial charge is 0.447 e. The van der Waals surface area contributed by atoms with Gasteiger partial charge in [-0.3, -0.25) is 0 Å². The van der Waals surface area contributed by atoms with Gasteiger partial charge in [0, 0.05) is 24.7 Å². The molecule has 1 aromatic carbocycles. The van der Waals surface area contributed by atoms with E-state index in [1.807, 2.05) is 24.8 Å². The molecule has 1 heterocycles. The average Bonchev–Trinajstić information content (AvgIpc) is 2.59. The summed E-state index contributed by atoms with van der Waals surface area (Å²) >= 11 is 0. The van der Waals surface area contributed by atoms with E-state index in [4.69, 9.17) is 4.74 Å². The van der Waals surface area contributed by atoms with Crippen molar-refractivity contribution in [2.45, 2.75) is 84.2 Å². The second kappa shape index (κ2) is 9.07. The number of nitrogens with one attached hydrogen (secondary N) is 1. The standard InChI is InChI=1S/C20H32N2O2/c1-5-18-12-17(21-14-16-10-8-7-9-11-16)13-19(6-2)22(18)20(23)24-15(3)4/h7-11,15,17-19,21H,5-6,12-14H2,1-4H3/t17-,18+,19-. The molecule has 3 atom stereocenters. The van der Waals surface area contributed by atoms with Crippen LogP contribution in [0, 0.1) is 0 Å². The summed E-state index contributed by atoms with van der Waals surface area (Å²) in [6.45, 7) is 9.02. The maximum Gasteiger partial charge on any atom is 0.410 e. The van der Waals surface area contributed by atoms with Crippen molar-refractivity contribution in [1.29, 1.82) is 0 Å². The zero-order chi connectivity index (χ0) is 17.5. The monoisotopic (exact) mass is 332 g/mol. The number of hydrogen-bond acceptors (Lipinski definition) is 3. The van der Waals surface area contributed by atoms with E-state index in [2.05, 4.69) is 43.4 Å². The summed E-state index contributed by atoms with van der Waals surface area (Å²) in [6, 6.07) is 11.4. The van der Waals surface area contributed by atoms with Crippen molar-refractivity contribution in [3.8, 4) is 0 Å². The molecule has 1 fully saturated rings. The van der Waals surface area contributed by atoms with E-state index in [9.17, 15) is 4.79 Å². The molecule has 1 aliphatic heterocycles. The molecule has 0 spiro atoms. The molecule has 1 amide bonds. The van der Waals surface area contributed by atoms with Gasteiger partial charge in [-0.25, -0.2) is 4.79 Å². The van der Waals surface area contributed by atoms with E-state index in [1.54, 1.807) is 0 Å². The van der Waals surface area contributed by atoms with Crippen LogP contribution in [0.5, 0.6) is 0 Å². The fourth-order valence-electron chi connectivity index (χ4n) is 3.59. The van der Waals surface area contributed by atoms with E-state index in [0.717, 1.165) is 32.2 Å². The maximum absolute atomic E-state index is 12.5. The van der Waals surface area contributed by atoms with Gasteiger partial charge in [0.1, 0.15) is 0 Å². The normalized spacial score (nSPS) is 24.2. The van der Waals surface area contributed by atoms with Crippen LogP contribution in [-0.4, -0.2) is 35.2 Å². The molecule has 2 rings (SSSR count). The third kappa shape index (κ3) is 4.97. The molecule has 0 bridgehead atoms. The number of amides is 1. The Morgan fingerprint density at radius 2 is 1.75 bits per heavy atom. The van der Waals surface area contributed by atoms with Crippen molar-refractivity contribution in [3.05, 3.63) is 35.9 Å². The number of carbonyl (C=O) groups is 1. The molecular weight excluding hydrogens is 300 g/mol. The van der Waals surface area contributed by atoms with Crippen molar-refractivity contribution in [1.82, 2.24) is 10.2 Å². The van der Waals surface area contributed by atoms with Gasteiger partial charge in [-0.1, -0.05) is 44.2 Å². The lowest BCUT2D eigenvalue weighted by molar-refractivity contribution is 0.0202. The van der Waals surface area contributed by atoms with Gasteiger partial charge < -0.3 is 15.0 Å². The van der Waals surface area contributed by atoms with Gasteiger partial charge in [0.05, 0.1) is 6.10 Å². The number of likely N-dealkylation sites (tertiary alicyclic amines) is 1. The quantitative estimate of drug-likeness (QED) is 0.842.